The minimum atomic E-state index is 0.500. The van der Waals surface area contributed by atoms with Gasteiger partial charge in [-0.3, -0.25) is 0 Å². The molecule has 2 aliphatic rings. The number of hydrogen-bond acceptors (Lipinski definition) is 5. The van der Waals surface area contributed by atoms with E-state index in [1.54, 1.807) is 0 Å². The van der Waals surface area contributed by atoms with Gasteiger partial charge in [-0.15, -0.1) is 0 Å². The number of ether oxygens (including phenoxy) is 1. The number of nitrogen functional groups attached to an aromatic ring is 1. The zero-order valence-electron chi connectivity index (χ0n) is 10.8. The Hall–Kier alpha value is -1.36. The molecule has 1 saturated carbocycles. The van der Waals surface area contributed by atoms with Gasteiger partial charge in [-0.05, 0) is 25.7 Å². The van der Waals surface area contributed by atoms with Crippen molar-refractivity contribution in [3.63, 3.8) is 0 Å². The van der Waals surface area contributed by atoms with Crippen LogP contribution in [0.4, 0.5) is 11.6 Å². The lowest BCUT2D eigenvalue weighted by molar-refractivity contribution is 0.0853. The van der Waals surface area contributed by atoms with E-state index in [0.717, 1.165) is 37.7 Å². The maximum atomic E-state index is 5.89. The zero-order valence-corrected chi connectivity index (χ0v) is 10.8. The highest BCUT2D eigenvalue weighted by molar-refractivity contribution is 5.47. The molecule has 0 spiro atoms. The standard InChI is InChI=1S/C13H20N4O/c1-17(10-4-6-18-7-5-10)12-8-11(14)15-13(16-12)9-2-3-9/h8-10H,2-7H2,1H3,(H2,14,15,16). The first-order valence-electron chi connectivity index (χ1n) is 6.69. The van der Waals surface area contributed by atoms with Crippen LogP contribution in [0.3, 0.4) is 0 Å². The summed E-state index contributed by atoms with van der Waals surface area (Å²) in [6.45, 7) is 1.68. The summed E-state index contributed by atoms with van der Waals surface area (Å²) in [6, 6.07) is 2.38. The molecule has 5 heteroatoms. The van der Waals surface area contributed by atoms with Crippen LogP contribution in [0.5, 0.6) is 0 Å². The largest absolute Gasteiger partial charge is 0.384 e. The van der Waals surface area contributed by atoms with Crippen molar-refractivity contribution in [1.29, 1.82) is 0 Å². The van der Waals surface area contributed by atoms with Crippen LogP contribution < -0.4 is 10.6 Å². The van der Waals surface area contributed by atoms with E-state index in [2.05, 4.69) is 21.9 Å². The molecule has 0 amide bonds. The van der Waals surface area contributed by atoms with Crippen LogP contribution in [0, 0.1) is 0 Å². The maximum Gasteiger partial charge on any atom is 0.136 e. The number of nitrogens with two attached hydrogens (primary N) is 1. The van der Waals surface area contributed by atoms with Crippen LogP contribution in [-0.4, -0.2) is 36.3 Å². The lowest BCUT2D eigenvalue weighted by Gasteiger charge is -2.32. The van der Waals surface area contributed by atoms with E-state index in [-0.39, 0.29) is 0 Å². The SMILES string of the molecule is CN(c1cc(N)nc(C2CC2)n1)C1CCOCC1. The van der Waals surface area contributed by atoms with Gasteiger partial charge in [0.15, 0.2) is 0 Å². The van der Waals surface area contributed by atoms with Crippen molar-refractivity contribution in [3.05, 3.63) is 11.9 Å². The van der Waals surface area contributed by atoms with Gasteiger partial charge in [-0.1, -0.05) is 0 Å². The molecule has 1 aliphatic carbocycles. The van der Waals surface area contributed by atoms with Crippen LogP contribution in [0.1, 0.15) is 37.4 Å². The Morgan fingerprint density at radius 3 is 2.61 bits per heavy atom. The Morgan fingerprint density at radius 1 is 1.22 bits per heavy atom. The van der Waals surface area contributed by atoms with E-state index in [1.807, 2.05) is 6.07 Å². The summed E-state index contributed by atoms with van der Waals surface area (Å²) in [4.78, 5) is 11.2. The molecule has 0 bridgehead atoms. The molecule has 1 aliphatic heterocycles. The first-order valence-corrected chi connectivity index (χ1v) is 6.69. The van der Waals surface area contributed by atoms with Crippen molar-refractivity contribution >= 4 is 11.6 Å². The summed E-state index contributed by atoms with van der Waals surface area (Å²) in [5.41, 5.74) is 5.89. The van der Waals surface area contributed by atoms with E-state index in [1.165, 1.54) is 12.8 Å². The molecule has 2 heterocycles. The smallest absolute Gasteiger partial charge is 0.136 e. The molecule has 0 unspecified atom stereocenters. The Kier molecular flexibility index (Phi) is 3.07. The molecule has 98 valence electrons. The van der Waals surface area contributed by atoms with E-state index >= 15 is 0 Å². The normalized spacial score (nSPS) is 20.9. The molecule has 0 aromatic carbocycles. The summed E-state index contributed by atoms with van der Waals surface area (Å²) in [6.07, 6.45) is 4.51. The van der Waals surface area contributed by atoms with Crippen molar-refractivity contribution in [1.82, 2.24) is 9.97 Å². The Balaban J connectivity index is 1.81. The maximum absolute atomic E-state index is 5.89. The number of aromatic nitrogens is 2. The van der Waals surface area contributed by atoms with Gasteiger partial charge < -0.3 is 15.4 Å². The number of nitrogens with zero attached hydrogens (tertiary/aromatic N) is 3. The molecule has 0 atom stereocenters. The molecule has 3 rings (SSSR count). The molecule has 18 heavy (non-hydrogen) atoms. The molecule has 0 radical (unpaired) electrons. The monoisotopic (exact) mass is 248 g/mol. The number of anilines is 2. The summed E-state index contributed by atoms with van der Waals surface area (Å²) in [7, 11) is 2.09. The highest BCUT2D eigenvalue weighted by Crippen LogP contribution is 2.39. The average Bonchev–Trinajstić information content (AvgIpc) is 3.22. The lowest BCUT2D eigenvalue weighted by atomic mass is 10.1. The Labute approximate surface area is 107 Å². The fourth-order valence-corrected chi connectivity index (χ4v) is 2.44. The van der Waals surface area contributed by atoms with Crippen LogP contribution in [0.15, 0.2) is 6.07 Å². The van der Waals surface area contributed by atoms with Crippen LogP contribution in [-0.2, 0) is 4.74 Å². The molecular weight excluding hydrogens is 228 g/mol. The van der Waals surface area contributed by atoms with Gasteiger partial charge >= 0.3 is 0 Å². The first-order chi connectivity index (χ1) is 8.74. The van der Waals surface area contributed by atoms with Gasteiger partial charge in [0.1, 0.15) is 17.5 Å². The molecule has 2 N–H and O–H groups in total. The van der Waals surface area contributed by atoms with E-state index < -0.39 is 0 Å². The topological polar surface area (TPSA) is 64.3 Å². The van der Waals surface area contributed by atoms with Crippen molar-refractivity contribution in [2.45, 2.75) is 37.6 Å². The van der Waals surface area contributed by atoms with Gasteiger partial charge in [-0.25, -0.2) is 9.97 Å². The second kappa shape index (κ2) is 4.72. The fraction of sp³-hybridized carbons (Fsp3) is 0.692. The van der Waals surface area contributed by atoms with Gasteiger partial charge in [0, 0.05) is 38.3 Å². The summed E-state index contributed by atoms with van der Waals surface area (Å²) in [5.74, 6) is 3.00. The predicted molar refractivity (Wildman–Crippen MR) is 70.7 cm³/mol. The minimum Gasteiger partial charge on any atom is -0.384 e. The van der Waals surface area contributed by atoms with Crippen LogP contribution in [0.25, 0.3) is 0 Å². The average molecular weight is 248 g/mol. The minimum absolute atomic E-state index is 0.500. The second-order valence-electron chi connectivity index (χ2n) is 5.24. The van der Waals surface area contributed by atoms with Crippen molar-refractivity contribution in [2.24, 2.45) is 0 Å². The van der Waals surface area contributed by atoms with Crippen molar-refractivity contribution < 1.29 is 4.74 Å². The second-order valence-corrected chi connectivity index (χ2v) is 5.24. The fourth-order valence-electron chi connectivity index (χ4n) is 2.44. The summed E-state index contributed by atoms with van der Waals surface area (Å²) < 4.78 is 5.40. The van der Waals surface area contributed by atoms with Crippen molar-refractivity contribution in [3.8, 4) is 0 Å². The van der Waals surface area contributed by atoms with Gasteiger partial charge in [-0.2, -0.15) is 0 Å². The van der Waals surface area contributed by atoms with Crippen LogP contribution >= 0.6 is 0 Å². The Bertz CT molecular complexity index is 427. The van der Waals surface area contributed by atoms with Gasteiger partial charge in [0.25, 0.3) is 0 Å². The quantitative estimate of drug-likeness (QED) is 0.879. The zero-order chi connectivity index (χ0) is 12.5. The van der Waals surface area contributed by atoms with E-state index in [4.69, 9.17) is 10.5 Å². The lowest BCUT2D eigenvalue weighted by Crippen LogP contribution is -2.37. The third kappa shape index (κ3) is 2.41. The third-order valence-corrected chi connectivity index (χ3v) is 3.79. The highest BCUT2D eigenvalue weighted by Gasteiger charge is 2.28. The number of hydrogen-bond donors (Lipinski definition) is 1. The van der Waals surface area contributed by atoms with Gasteiger partial charge in [0.2, 0.25) is 0 Å². The molecule has 2 fully saturated rings. The van der Waals surface area contributed by atoms with Crippen molar-refractivity contribution in [2.75, 3.05) is 30.9 Å². The summed E-state index contributed by atoms with van der Waals surface area (Å²) in [5, 5.41) is 0. The summed E-state index contributed by atoms with van der Waals surface area (Å²) >= 11 is 0. The highest BCUT2D eigenvalue weighted by atomic mass is 16.5. The molecule has 1 aromatic heterocycles. The first kappa shape index (κ1) is 11.7. The van der Waals surface area contributed by atoms with E-state index in [9.17, 15) is 0 Å². The molecule has 1 saturated heterocycles. The molecular formula is C13H20N4O. The molecule has 1 aromatic rings. The van der Waals surface area contributed by atoms with E-state index in [0.29, 0.717) is 17.8 Å². The van der Waals surface area contributed by atoms with Gasteiger partial charge in [0.05, 0.1) is 0 Å². The third-order valence-electron chi connectivity index (χ3n) is 3.79. The predicted octanol–water partition coefficient (Wildman–Crippen LogP) is 1.55. The number of rotatable bonds is 3. The Morgan fingerprint density at radius 2 is 1.94 bits per heavy atom. The van der Waals surface area contributed by atoms with Crippen LogP contribution in [0.2, 0.25) is 0 Å². The molecule has 5 nitrogen and oxygen atoms in total.